The average Bonchev–Trinajstić information content (AvgIpc) is 3.18. The molecule has 4 N–H and O–H groups in total. The summed E-state index contributed by atoms with van der Waals surface area (Å²) < 4.78 is 41.2. The van der Waals surface area contributed by atoms with E-state index in [1.807, 2.05) is 52.0 Å². The summed E-state index contributed by atoms with van der Waals surface area (Å²) in [6, 6.07) is 16.0. The van der Waals surface area contributed by atoms with Crippen LogP contribution in [0.5, 0.6) is 5.75 Å². The van der Waals surface area contributed by atoms with Crippen molar-refractivity contribution in [2.75, 3.05) is 10.6 Å². The number of halogens is 3. The molecule has 0 aliphatic carbocycles. The second-order valence-electron chi connectivity index (χ2n) is 9.39. The summed E-state index contributed by atoms with van der Waals surface area (Å²) in [6.07, 6.45) is -4.83. The molecule has 0 spiro atoms. The number of anilines is 2. The lowest BCUT2D eigenvalue weighted by molar-refractivity contribution is -0.274. The fourth-order valence-corrected chi connectivity index (χ4v) is 5.34. The van der Waals surface area contributed by atoms with Gasteiger partial charge in [0, 0.05) is 17.1 Å². The first-order valence-corrected chi connectivity index (χ1v) is 13.0. The van der Waals surface area contributed by atoms with Crippen molar-refractivity contribution in [1.29, 1.82) is 0 Å². The summed E-state index contributed by atoms with van der Waals surface area (Å²) in [7, 11) is 0. The molecule has 0 bridgehead atoms. The Labute approximate surface area is 233 Å². The number of amides is 2. The molecule has 0 fully saturated rings. The maximum atomic E-state index is 13.6. The molecular weight excluding hydrogens is 541 g/mol. The summed E-state index contributed by atoms with van der Waals surface area (Å²) in [5.41, 5.74) is 11.7. The number of nitrogens with zero attached hydrogens (tertiary/aromatic N) is 1. The van der Waals surface area contributed by atoms with E-state index in [0.717, 1.165) is 46.1 Å². The van der Waals surface area contributed by atoms with Crippen LogP contribution in [0.3, 0.4) is 0 Å². The van der Waals surface area contributed by atoms with Crippen LogP contribution in [0, 0.1) is 33.6 Å². The number of carbonyl (C=O) groups is 2. The number of alkyl halides is 3. The van der Waals surface area contributed by atoms with E-state index in [9.17, 15) is 22.8 Å². The molecule has 4 rings (SSSR count). The highest BCUT2D eigenvalue weighted by atomic mass is 32.2. The number of carbonyl (C=O) groups excluding carboxylic acids is 2. The van der Waals surface area contributed by atoms with Gasteiger partial charge >= 0.3 is 6.36 Å². The zero-order chi connectivity index (χ0) is 29.2. The first-order valence-electron chi connectivity index (χ1n) is 12.2. The number of ether oxygens (including phenoxy) is 1. The number of aryl methyl sites for hydroxylation is 4. The zero-order valence-electron chi connectivity index (χ0n) is 22.1. The van der Waals surface area contributed by atoms with E-state index >= 15 is 0 Å². The Balaban J connectivity index is 1.63. The van der Waals surface area contributed by atoms with Crippen LogP contribution >= 0.6 is 11.8 Å². The third-order valence-electron chi connectivity index (χ3n) is 6.04. The molecule has 3 aromatic rings. The molecule has 0 aromatic heterocycles. The SMILES string of the molecule is Cc1ccc(N=C2SC(C(=O)Nc3ccc(OC(F)(F)F)cc3)=C(N)C2C(=O)Nc2c(C)cc(C)cc2C)cc1. The van der Waals surface area contributed by atoms with Crippen LogP contribution in [-0.4, -0.2) is 23.2 Å². The summed E-state index contributed by atoms with van der Waals surface area (Å²) in [6.45, 7) is 7.69. The van der Waals surface area contributed by atoms with E-state index in [2.05, 4.69) is 20.4 Å². The number of hydrogen-bond acceptors (Lipinski definition) is 6. The molecule has 0 radical (unpaired) electrons. The van der Waals surface area contributed by atoms with Gasteiger partial charge in [-0.3, -0.25) is 9.59 Å². The van der Waals surface area contributed by atoms with Crippen molar-refractivity contribution >= 4 is 45.7 Å². The molecule has 3 aromatic carbocycles. The number of nitrogens with two attached hydrogens (primary N) is 1. The van der Waals surface area contributed by atoms with Gasteiger partial charge in [-0.2, -0.15) is 0 Å². The molecule has 7 nitrogen and oxygen atoms in total. The van der Waals surface area contributed by atoms with Crippen LogP contribution in [0.1, 0.15) is 22.3 Å². The maximum Gasteiger partial charge on any atom is 0.573 e. The number of hydrogen-bond donors (Lipinski definition) is 3. The number of benzene rings is 3. The minimum atomic E-state index is -4.83. The largest absolute Gasteiger partial charge is 0.573 e. The van der Waals surface area contributed by atoms with Crippen molar-refractivity contribution in [3.8, 4) is 5.75 Å². The molecule has 1 aliphatic heterocycles. The molecule has 2 amide bonds. The van der Waals surface area contributed by atoms with Crippen molar-refractivity contribution < 1.29 is 27.5 Å². The second-order valence-corrected chi connectivity index (χ2v) is 10.4. The Bertz CT molecular complexity index is 1490. The fraction of sp³-hybridized carbons (Fsp3) is 0.207. The Morgan fingerprint density at radius 2 is 1.50 bits per heavy atom. The van der Waals surface area contributed by atoms with E-state index in [0.29, 0.717) is 16.4 Å². The molecule has 40 heavy (non-hydrogen) atoms. The lowest BCUT2D eigenvalue weighted by atomic mass is 10.0. The van der Waals surface area contributed by atoms with Crippen molar-refractivity contribution in [3.05, 3.63) is 93.5 Å². The summed E-state index contributed by atoms with van der Waals surface area (Å²) in [4.78, 5) is 31.5. The second kappa shape index (κ2) is 11.5. The molecule has 208 valence electrons. The van der Waals surface area contributed by atoms with Gasteiger partial charge in [0.2, 0.25) is 5.91 Å². The Morgan fingerprint density at radius 3 is 2.08 bits per heavy atom. The van der Waals surface area contributed by atoms with Crippen LogP contribution in [0.15, 0.2) is 76.3 Å². The highest BCUT2D eigenvalue weighted by molar-refractivity contribution is 8.18. The van der Waals surface area contributed by atoms with Crippen molar-refractivity contribution in [3.63, 3.8) is 0 Å². The first-order chi connectivity index (χ1) is 18.8. The number of rotatable bonds is 6. The lowest BCUT2D eigenvalue weighted by Gasteiger charge is -2.17. The highest BCUT2D eigenvalue weighted by Gasteiger charge is 2.39. The van der Waals surface area contributed by atoms with Crippen LogP contribution in [0.25, 0.3) is 0 Å². The zero-order valence-corrected chi connectivity index (χ0v) is 23.0. The topological polar surface area (TPSA) is 106 Å². The number of thioether (sulfide) groups is 1. The van der Waals surface area contributed by atoms with Crippen LogP contribution in [0.2, 0.25) is 0 Å². The minimum Gasteiger partial charge on any atom is -0.406 e. The van der Waals surface area contributed by atoms with E-state index < -0.39 is 29.8 Å². The van der Waals surface area contributed by atoms with Gasteiger partial charge in [0.25, 0.3) is 5.91 Å². The Morgan fingerprint density at radius 1 is 0.900 bits per heavy atom. The standard InChI is InChI=1S/C29H27F3N4O3S/c1-15-5-7-20(8-6-15)35-28-22(26(37)36-24-17(3)13-16(2)14-18(24)4)23(33)25(40-28)27(38)34-19-9-11-21(12-10-19)39-29(30,31)32/h5-14,22H,33H2,1-4H3,(H,34,38)(H,36,37). The normalized spacial score (nSPS) is 16.3. The summed E-state index contributed by atoms with van der Waals surface area (Å²) in [5.74, 6) is -2.52. The Hall–Kier alpha value is -4.25. The van der Waals surface area contributed by atoms with Crippen molar-refractivity contribution in [1.82, 2.24) is 0 Å². The quantitative estimate of drug-likeness (QED) is 0.308. The molecule has 1 atom stereocenters. The van der Waals surface area contributed by atoms with Gasteiger partial charge in [-0.25, -0.2) is 4.99 Å². The third kappa shape index (κ3) is 6.84. The van der Waals surface area contributed by atoms with Crippen LogP contribution in [0.4, 0.5) is 30.2 Å². The van der Waals surface area contributed by atoms with Gasteiger partial charge in [-0.05, 0) is 75.2 Å². The molecule has 1 unspecified atom stereocenters. The van der Waals surface area contributed by atoms with Gasteiger partial charge in [0.05, 0.1) is 15.6 Å². The van der Waals surface area contributed by atoms with Crippen molar-refractivity contribution in [2.45, 2.75) is 34.1 Å². The molecule has 1 aliphatic rings. The number of nitrogens with one attached hydrogen (secondary N) is 2. The van der Waals surface area contributed by atoms with Crippen LogP contribution < -0.4 is 21.1 Å². The smallest absolute Gasteiger partial charge is 0.406 e. The predicted octanol–water partition coefficient (Wildman–Crippen LogP) is 6.66. The third-order valence-corrected chi connectivity index (χ3v) is 7.20. The van der Waals surface area contributed by atoms with E-state index in [4.69, 9.17) is 5.73 Å². The molecule has 11 heteroatoms. The highest BCUT2D eigenvalue weighted by Crippen LogP contribution is 2.39. The maximum absolute atomic E-state index is 13.6. The van der Waals surface area contributed by atoms with E-state index in [-0.39, 0.29) is 16.3 Å². The van der Waals surface area contributed by atoms with Gasteiger partial charge in [-0.15, -0.1) is 13.2 Å². The van der Waals surface area contributed by atoms with Crippen molar-refractivity contribution in [2.24, 2.45) is 16.6 Å². The molecule has 0 saturated heterocycles. The van der Waals surface area contributed by atoms with E-state index in [1.165, 1.54) is 12.1 Å². The monoisotopic (exact) mass is 568 g/mol. The van der Waals surface area contributed by atoms with E-state index in [1.54, 1.807) is 12.1 Å². The molecule has 0 saturated carbocycles. The Kier molecular flexibility index (Phi) is 8.24. The van der Waals surface area contributed by atoms with Gasteiger partial charge < -0.3 is 21.1 Å². The summed E-state index contributed by atoms with van der Waals surface area (Å²) >= 11 is 0.972. The van der Waals surface area contributed by atoms with Crippen LogP contribution in [-0.2, 0) is 9.59 Å². The minimum absolute atomic E-state index is 0.0188. The summed E-state index contributed by atoms with van der Waals surface area (Å²) in [5, 5.41) is 5.88. The number of aliphatic imine (C=N–C) groups is 1. The van der Waals surface area contributed by atoms with Gasteiger partial charge in [-0.1, -0.05) is 47.2 Å². The first kappa shape index (κ1) is 28.8. The van der Waals surface area contributed by atoms with Gasteiger partial charge in [0.15, 0.2) is 0 Å². The fourth-order valence-electron chi connectivity index (χ4n) is 4.25. The molecular formula is C29H27F3N4O3S. The van der Waals surface area contributed by atoms with Gasteiger partial charge in [0.1, 0.15) is 11.7 Å². The molecule has 1 heterocycles. The predicted molar refractivity (Wildman–Crippen MR) is 152 cm³/mol. The average molecular weight is 569 g/mol. The lowest BCUT2D eigenvalue weighted by Crippen LogP contribution is -2.31.